The Morgan fingerprint density at radius 2 is 1.82 bits per heavy atom. The Hall–Kier alpha value is -0.610. The van der Waals surface area contributed by atoms with Gasteiger partial charge in [0.25, 0.3) is 0 Å². The van der Waals surface area contributed by atoms with Crippen molar-refractivity contribution >= 4 is 5.97 Å². The van der Waals surface area contributed by atoms with E-state index in [0.717, 1.165) is 32.8 Å². The van der Waals surface area contributed by atoms with Crippen LogP contribution in [0.25, 0.3) is 0 Å². The summed E-state index contributed by atoms with van der Waals surface area (Å²) in [5.74, 6) is -0.141. The summed E-state index contributed by atoms with van der Waals surface area (Å²) >= 11 is 0. The average molecular weight is 247 g/mol. The van der Waals surface area contributed by atoms with Gasteiger partial charge in [-0.2, -0.15) is 0 Å². The van der Waals surface area contributed by atoms with Gasteiger partial charge in [0.1, 0.15) is 6.61 Å². The van der Waals surface area contributed by atoms with E-state index in [-0.39, 0.29) is 19.3 Å². The number of ether oxygens (including phenoxy) is 2. The topological polar surface area (TPSA) is 38.8 Å². The van der Waals surface area contributed by atoms with Gasteiger partial charge in [-0.1, -0.05) is 35.1 Å². The molecule has 1 aliphatic rings. The van der Waals surface area contributed by atoms with Gasteiger partial charge in [0.15, 0.2) is 0 Å². The minimum atomic E-state index is -0.113. The molecule has 1 aliphatic heterocycles. The molecule has 0 aromatic heterocycles. The zero-order chi connectivity index (χ0) is 12.4. The summed E-state index contributed by atoms with van der Waals surface area (Å²) in [5.41, 5.74) is 0. The molecule has 104 valence electrons. The van der Waals surface area contributed by atoms with Crippen LogP contribution >= 0.6 is 0 Å². The molecule has 0 bridgehead atoms. The van der Waals surface area contributed by atoms with Crippen molar-refractivity contribution in [1.82, 2.24) is 4.90 Å². The highest BCUT2D eigenvalue weighted by Gasteiger charge is 2.12. The summed E-state index contributed by atoms with van der Waals surface area (Å²) in [6, 6.07) is 0. The first-order chi connectivity index (χ1) is 7.70. The van der Waals surface area contributed by atoms with Gasteiger partial charge >= 0.3 is 5.97 Å². The smallest absolute Gasteiger partial charge is 0.308 e. The first-order valence-corrected chi connectivity index (χ1v) is 6.17. The summed E-state index contributed by atoms with van der Waals surface area (Å²) in [5, 5.41) is 0. The van der Waals surface area contributed by atoms with Crippen LogP contribution in [0.3, 0.4) is 0 Å². The maximum Gasteiger partial charge on any atom is 0.308 e. The molecule has 0 unspecified atom stereocenters. The molecule has 0 atom stereocenters. The lowest BCUT2D eigenvalue weighted by molar-refractivity contribution is -0.147. The second-order valence-electron chi connectivity index (χ2n) is 3.78. The first-order valence-electron chi connectivity index (χ1n) is 6.17. The minimum Gasteiger partial charge on any atom is -0.464 e. The Bertz CT molecular complexity index is 178. The molecule has 1 rings (SSSR count). The molecule has 1 saturated heterocycles. The third-order valence-corrected chi connectivity index (χ3v) is 2.23. The standard InChI is InChI=1S/C10H19NO3.C2H6.CH4/c1-9(2)10(12)14-8-5-11-3-6-13-7-4-11;1-2;/h9H,3-8H2,1-2H3;1-2H3;1H4. The summed E-state index contributed by atoms with van der Waals surface area (Å²) in [6.07, 6.45) is 0. The van der Waals surface area contributed by atoms with Crippen LogP contribution in [0.1, 0.15) is 35.1 Å². The maximum absolute atomic E-state index is 11.1. The molecule has 0 radical (unpaired) electrons. The van der Waals surface area contributed by atoms with Crippen LogP contribution in [0.15, 0.2) is 0 Å². The number of hydrogen-bond acceptors (Lipinski definition) is 4. The summed E-state index contributed by atoms with van der Waals surface area (Å²) in [4.78, 5) is 13.4. The second kappa shape index (κ2) is 11.9. The van der Waals surface area contributed by atoms with E-state index < -0.39 is 0 Å². The molecule has 0 amide bonds. The molecule has 4 heteroatoms. The Morgan fingerprint density at radius 1 is 1.29 bits per heavy atom. The molecular weight excluding hydrogens is 218 g/mol. The van der Waals surface area contributed by atoms with Gasteiger partial charge in [-0.15, -0.1) is 0 Å². The minimum absolute atomic E-state index is 0. The number of carbonyl (C=O) groups excluding carboxylic acids is 1. The summed E-state index contributed by atoms with van der Waals surface area (Å²) in [6.45, 7) is 12.5. The molecule has 0 aromatic rings. The molecule has 0 saturated carbocycles. The lowest BCUT2D eigenvalue weighted by Gasteiger charge is -2.26. The number of esters is 1. The number of morpholine rings is 1. The van der Waals surface area contributed by atoms with E-state index in [2.05, 4.69) is 4.90 Å². The van der Waals surface area contributed by atoms with Crippen molar-refractivity contribution in [2.24, 2.45) is 5.92 Å². The van der Waals surface area contributed by atoms with Crippen molar-refractivity contribution in [3.05, 3.63) is 0 Å². The average Bonchev–Trinajstić information content (AvgIpc) is 2.33. The van der Waals surface area contributed by atoms with Gasteiger partial charge in [-0.05, 0) is 0 Å². The van der Waals surface area contributed by atoms with Gasteiger partial charge < -0.3 is 9.47 Å². The van der Waals surface area contributed by atoms with Crippen LogP contribution in [0.2, 0.25) is 0 Å². The van der Waals surface area contributed by atoms with Crippen LogP contribution in [-0.2, 0) is 14.3 Å². The molecule has 0 aliphatic carbocycles. The summed E-state index contributed by atoms with van der Waals surface area (Å²) < 4.78 is 10.3. The van der Waals surface area contributed by atoms with Crippen molar-refractivity contribution in [2.45, 2.75) is 35.1 Å². The Labute approximate surface area is 106 Å². The Kier molecular flexibility index (Phi) is 13.1. The largest absolute Gasteiger partial charge is 0.464 e. The predicted octanol–water partition coefficient (Wildman–Crippen LogP) is 2.18. The lowest BCUT2D eigenvalue weighted by Crippen LogP contribution is -2.38. The highest BCUT2D eigenvalue weighted by Crippen LogP contribution is 1.98. The fourth-order valence-electron chi connectivity index (χ4n) is 1.27. The fraction of sp³-hybridized carbons (Fsp3) is 0.923. The van der Waals surface area contributed by atoms with Crippen molar-refractivity contribution in [1.29, 1.82) is 0 Å². The number of carbonyl (C=O) groups is 1. The number of nitrogens with zero attached hydrogens (tertiary/aromatic N) is 1. The zero-order valence-electron chi connectivity index (χ0n) is 11.0. The number of rotatable bonds is 4. The molecule has 0 N–H and O–H groups in total. The van der Waals surface area contributed by atoms with Gasteiger partial charge in [-0.3, -0.25) is 9.69 Å². The highest BCUT2D eigenvalue weighted by molar-refractivity contribution is 5.71. The van der Waals surface area contributed by atoms with Crippen molar-refractivity contribution in [3.63, 3.8) is 0 Å². The zero-order valence-corrected chi connectivity index (χ0v) is 11.0. The molecule has 1 fully saturated rings. The van der Waals surface area contributed by atoms with E-state index in [9.17, 15) is 4.79 Å². The fourth-order valence-corrected chi connectivity index (χ4v) is 1.27. The highest BCUT2D eigenvalue weighted by atomic mass is 16.5. The van der Waals surface area contributed by atoms with E-state index in [4.69, 9.17) is 9.47 Å². The molecule has 1 heterocycles. The van der Waals surface area contributed by atoms with Crippen LogP contribution < -0.4 is 0 Å². The second-order valence-corrected chi connectivity index (χ2v) is 3.78. The monoisotopic (exact) mass is 247 g/mol. The van der Waals surface area contributed by atoms with Crippen molar-refractivity contribution in [3.8, 4) is 0 Å². The quantitative estimate of drug-likeness (QED) is 0.714. The van der Waals surface area contributed by atoms with E-state index in [0.29, 0.717) is 6.61 Å². The van der Waals surface area contributed by atoms with E-state index >= 15 is 0 Å². The molecule has 0 spiro atoms. The van der Waals surface area contributed by atoms with Crippen molar-refractivity contribution in [2.75, 3.05) is 39.5 Å². The third kappa shape index (κ3) is 9.12. The van der Waals surface area contributed by atoms with E-state index in [1.165, 1.54) is 0 Å². The lowest BCUT2D eigenvalue weighted by atomic mass is 10.2. The van der Waals surface area contributed by atoms with Crippen LogP contribution in [0.4, 0.5) is 0 Å². The SMILES string of the molecule is C.CC.CC(C)C(=O)OCCN1CCOCC1. The van der Waals surface area contributed by atoms with E-state index in [1.54, 1.807) is 0 Å². The summed E-state index contributed by atoms with van der Waals surface area (Å²) in [7, 11) is 0. The predicted molar refractivity (Wildman–Crippen MR) is 71.1 cm³/mol. The van der Waals surface area contributed by atoms with Gasteiger partial charge in [0.2, 0.25) is 0 Å². The van der Waals surface area contributed by atoms with Crippen LogP contribution in [0, 0.1) is 5.92 Å². The third-order valence-electron chi connectivity index (χ3n) is 2.23. The van der Waals surface area contributed by atoms with Gasteiger partial charge in [-0.25, -0.2) is 0 Å². The van der Waals surface area contributed by atoms with Gasteiger partial charge in [0.05, 0.1) is 19.1 Å². The normalized spacial score (nSPS) is 15.6. The molecule has 4 nitrogen and oxygen atoms in total. The maximum atomic E-state index is 11.1. The van der Waals surface area contributed by atoms with Crippen molar-refractivity contribution < 1.29 is 14.3 Å². The molecular formula is C13H29NO3. The Morgan fingerprint density at radius 3 is 2.29 bits per heavy atom. The molecule has 17 heavy (non-hydrogen) atoms. The molecule has 0 aromatic carbocycles. The first kappa shape index (κ1) is 18.7. The number of hydrogen-bond donors (Lipinski definition) is 0. The van der Waals surface area contributed by atoms with Crippen LogP contribution in [-0.4, -0.2) is 50.3 Å². The Balaban J connectivity index is 0. The van der Waals surface area contributed by atoms with E-state index in [1.807, 2.05) is 27.7 Å². The van der Waals surface area contributed by atoms with Gasteiger partial charge in [0, 0.05) is 19.6 Å². The van der Waals surface area contributed by atoms with Crippen LogP contribution in [0.5, 0.6) is 0 Å².